The van der Waals surface area contributed by atoms with Crippen molar-refractivity contribution in [2.45, 2.75) is 56.4 Å². The standard InChI is InChI=1S/C27H38N4O5/c1-29-12-14-30(15-13-29)20-10-8-19(9-11-20)26(33)28-23(18-6-4-3-5-7-18)27(34)31-16-22(35-2)25-24(31)21(32)17-36-25/h8-11,18,22-25H,3-7,12-17H2,1-2H3,(H,28,33)/t22-,23-,24+,25+/m0/s1. The molecule has 3 aliphatic heterocycles. The number of carbonyl (C=O) groups excluding carboxylic acids is 3. The van der Waals surface area contributed by atoms with Crippen molar-refractivity contribution in [2.24, 2.45) is 5.92 Å². The van der Waals surface area contributed by atoms with E-state index in [1.54, 1.807) is 12.0 Å². The molecule has 4 fully saturated rings. The number of likely N-dealkylation sites (tertiary alicyclic amines) is 1. The van der Waals surface area contributed by atoms with E-state index in [1.165, 1.54) is 0 Å². The van der Waals surface area contributed by atoms with Crippen LogP contribution < -0.4 is 10.2 Å². The van der Waals surface area contributed by atoms with Crippen LogP contribution in [0, 0.1) is 5.92 Å². The minimum Gasteiger partial charge on any atom is -0.377 e. The zero-order valence-corrected chi connectivity index (χ0v) is 21.4. The molecule has 196 valence electrons. The first kappa shape index (κ1) is 25.2. The number of Topliss-reactive ketones (excluding diaryl/α,β-unsaturated/α-hetero) is 1. The van der Waals surface area contributed by atoms with Gasteiger partial charge in [0, 0.05) is 44.5 Å². The number of amides is 2. The third-order valence-electron chi connectivity index (χ3n) is 8.40. The molecule has 4 aliphatic rings. The van der Waals surface area contributed by atoms with Crippen LogP contribution in [0.15, 0.2) is 24.3 Å². The molecule has 36 heavy (non-hydrogen) atoms. The summed E-state index contributed by atoms with van der Waals surface area (Å²) in [5, 5.41) is 3.07. The van der Waals surface area contributed by atoms with E-state index in [0.717, 1.165) is 64.0 Å². The lowest BCUT2D eigenvalue weighted by Gasteiger charge is -2.34. The van der Waals surface area contributed by atoms with Gasteiger partial charge >= 0.3 is 0 Å². The first-order valence-electron chi connectivity index (χ1n) is 13.3. The van der Waals surface area contributed by atoms with Gasteiger partial charge < -0.3 is 29.5 Å². The van der Waals surface area contributed by atoms with E-state index in [2.05, 4.69) is 22.2 Å². The van der Waals surface area contributed by atoms with Crippen LogP contribution in [0.25, 0.3) is 0 Å². The van der Waals surface area contributed by atoms with Crippen molar-refractivity contribution in [1.82, 2.24) is 15.1 Å². The van der Waals surface area contributed by atoms with Crippen molar-refractivity contribution in [3.05, 3.63) is 29.8 Å². The van der Waals surface area contributed by atoms with Gasteiger partial charge in [-0.2, -0.15) is 0 Å². The molecule has 4 atom stereocenters. The Labute approximate surface area is 213 Å². The summed E-state index contributed by atoms with van der Waals surface area (Å²) in [6.07, 6.45) is 4.23. The molecular weight excluding hydrogens is 460 g/mol. The normalized spacial score (nSPS) is 28.3. The quantitative estimate of drug-likeness (QED) is 0.632. The van der Waals surface area contributed by atoms with Crippen molar-refractivity contribution >= 4 is 23.3 Å². The van der Waals surface area contributed by atoms with Crippen LogP contribution in [0.2, 0.25) is 0 Å². The van der Waals surface area contributed by atoms with E-state index >= 15 is 0 Å². The van der Waals surface area contributed by atoms with E-state index < -0.39 is 18.2 Å². The largest absolute Gasteiger partial charge is 0.377 e. The Balaban J connectivity index is 1.31. The van der Waals surface area contributed by atoms with Crippen LogP contribution in [-0.2, 0) is 19.1 Å². The highest BCUT2D eigenvalue weighted by Gasteiger charge is 2.54. The molecule has 1 aromatic carbocycles. The van der Waals surface area contributed by atoms with Crippen molar-refractivity contribution in [1.29, 1.82) is 0 Å². The number of carbonyl (C=O) groups is 3. The molecule has 3 saturated heterocycles. The van der Waals surface area contributed by atoms with Gasteiger partial charge in [-0.1, -0.05) is 19.3 Å². The predicted molar refractivity (Wildman–Crippen MR) is 135 cm³/mol. The maximum Gasteiger partial charge on any atom is 0.251 e. The number of fused-ring (bicyclic) bond motifs is 1. The molecule has 0 spiro atoms. The Hall–Kier alpha value is -2.49. The summed E-state index contributed by atoms with van der Waals surface area (Å²) in [7, 11) is 3.70. The van der Waals surface area contributed by atoms with Gasteiger partial charge in [0.2, 0.25) is 5.91 Å². The summed E-state index contributed by atoms with van der Waals surface area (Å²) < 4.78 is 11.2. The summed E-state index contributed by atoms with van der Waals surface area (Å²) in [6, 6.07) is 6.35. The summed E-state index contributed by atoms with van der Waals surface area (Å²) >= 11 is 0. The van der Waals surface area contributed by atoms with E-state index in [0.29, 0.717) is 12.1 Å². The monoisotopic (exact) mass is 498 g/mol. The molecular formula is C27H38N4O5. The molecule has 0 unspecified atom stereocenters. The number of nitrogens with one attached hydrogen (secondary N) is 1. The number of ketones is 1. The Kier molecular flexibility index (Phi) is 7.60. The zero-order chi connectivity index (χ0) is 25.2. The van der Waals surface area contributed by atoms with Crippen LogP contribution in [-0.4, -0.2) is 105 Å². The first-order valence-corrected chi connectivity index (χ1v) is 13.3. The van der Waals surface area contributed by atoms with Crippen molar-refractivity contribution in [3.8, 4) is 0 Å². The number of rotatable bonds is 6. The summed E-state index contributed by atoms with van der Waals surface area (Å²) in [4.78, 5) is 46.1. The lowest BCUT2D eigenvalue weighted by Crippen LogP contribution is -2.55. The number of hydrogen-bond donors (Lipinski definition) is 1. The summed E-state index contributed by atoms with van der Waals surface area (Å²) in [5.41, 5.74) is 1.64. The fourth-order valence-corrected chi connectivity index (χ4v) is 6.19. The fraction of sp³-hybridized carbons (Fsp3) is 0.667. The first-order chi connectivity index (χ1) is 17.5. The second-order valence-corrected chi connectivity index (χ2v) is 10.6. The van der Waals surface area contributed by atoms with E-state index in [4.69, 9.17) is 9.47 Å². The fourth-order valence-electron chi connectivity index (χ4n) is 6.19. The Bertz CT molecular complexity index is 955. The zero-order valence-electron chi connectivity index (χ0n) is 21.4. The Morgan fingerprint density at radius 1 is 1.06 bits per heavy atom. The number of methoxy groups -OCH3 is 1. The van der Waals surface area contributed by atoms with Crippen LogP contribution in [0.4, 0.5) is 5.69 Å². The van der Waals surface area contributed by atoms with E-state index in [1.807, 2.05) is 24.3 Å². The SMILES string of the molecule is CO[C@H]1CN(C(=O)[C@@H](NC(=O)c2ccc(N3CCN(C)CC3)cc2)C2CCCCC2)[C@@H]2C(=O)CO[C@H]12. The smallest absolute Gasteiger partial charge is 0.251 e. The molecule has 9 nitrogen and oxygen atoms in total. The lowest BCUT2D eigenvalue weighted by molar-refractivity contribution is -0.139. The third-order valence-corrected chi connectivity index (χ3v) is 8.40. The molecule has 9 heteroatoms. The van der Waals surface area contributed by atoms with Crippen LogP contribution in [0.3, 0.4) is 0 Å². The van der Waals surface area contributed by atoms with Crippen molar-refractivity contribution in [3.63, 3.8) is 0 Å². The molecule has 0 aromatic heterocycles. The number of anilines is 1. The summed E-state index contributed by atoms with van der Waals surface area (Å²) in [6.45, 7) is 4.26. The molecule has 1 saturated carbocycles. The minimum absolute atomic E-state index is 0.000911. The minimum atomic E-state index is -0.667. The van der Waals surface area contributed by atoms with Gasteiger partial charge in [-0.3, -0.25) is 14.4 Å². The van der Waals surface area contributed by atoms with Crippen molar-refractivity contribution in [2.75, 3.05) is 58.4 Å². The molecule has 0 radical (unpaired) electrons. The summed E-state index contributed by atoms with van der Waals surface area (Å²) in [5.74, 6) is -0.493. The topological polar surface area (TPSA) is 91.4 Å². The van der Waals surface area contributed by atoms with Gasteiger partial charge in [0.15, 0.2) is 5.78 Å². The predicted octanol–water partition coefficient (Wildman–Crippen LogP) is 1.31. The second-order valence-electron chi connectivity index (χ2n) is 10.6. The molecule has 5 rings (SSSR count). The second kappa shape index (κ2) is 10.9. The number of hydrogen-bond acceptors (Lipinski definition) is 7. The van der Waals surface area contributed by atoms with Gasteiger partial charge in [0.25, 0.3) is 5.91 Å². The Morgan fingerprint density at radius 3 is 2.42 bits per heavy atom. The third kappa shape index (κ3) is 5.01. The van der Waals surface area contributed by atoms with Gasteiger partial charge in [-0.25, -0.2) is 0 Å². The average molecular weight is 499 g/mol. The highest BCUT2D eigenvalue weighted by atomic mass is 16.5. The number of ether oxygens (including phenoxy) is 2. The average Bonchev–Trinajstić information content (AvgIpc) is 3.48. The van der Waals surface area contributed by atoms with Crippen molar-refractivity contribution < 1.29 is 23.9 Å². The number of piperazine rings is 1. The molecule has 3 heterocycles. The lowest BCUT2D eigenvalue weighted by atomic mass is 9.83. The van der Waals surface area contributed by atoms with E-state index in [9.17, 15) is 14.4 Å². The molecule has 2 amide bonds. The van der Waals surface area contributed by atoms with Gasteiger partial charge in [-0.15, -0.1) is 0 Å². The van der Waals surface area contributed by atoms with Crippen LogP contribution in [0.1, 0.15) is 42.5 Å². The molecule has 1 N–H and O–H groups in total. The van der Waals surface area contributed by atoms with Gasteiger partial charge in [0.1, 0.15) is 30.9 Å². The highest BCUT2D eigenvalue weighted by Crippen LogP contribution is 2.33. The number of likely N-dealkylation sites (N-methyl/N-ethyl adjacent to an activating group) is 1. The van der Waals surface area contributed by atoms with Crippen LogP contribution in [0.5, 0.6) is 0 Å². The van der Waals surface area contributed by atoms with Gasteiger partial charge in [0.05, 0.1) is 6.54 Å². The Morgan fingerprint density at radius 2 is 1.75 bits per heavy atom. The number of nitrogens with zero attached hydrogens (tertiary/aromatic N) is 3. The molecule has 1 aliphatic carbocycles. The maximum atomic E-state index is 13.9. The molecule has 0 bridgehead atoms. The highest BCUT2D eigenvalue weighted by molar-refractivity contribution is 5.99. The number of benzene rings is 1. The van der Waals surface area contributed by atoms with E-state index in [-0.39, 0.29) is 36.2 Å². The van der Waals surface area contributed by atoms with Gasteiger partial charge in [-0.05, 0) is 50.1 Å². The maximum absolute atomic E-state index is 13.9. The van der Waals surface area contributed by atoms with Crippen LogP contribution >= 0.6 is 0 Å². The molecule has 1 aromatic rings.